The Labute approximate surface area is 140 Å². The van der Waals surface area contributed by atoms with Crippen LogP contribution in [-0.4, -0.2) is 47.6 Å². The molecule has 1 aromatic rings. The number of nitrogens with two attached hydrogens (primary N) is 1. The molecule has 0 bridgehead atoms. The Balaban J connectivity index is 2.21. The summed E-state index contributed by atoms with van der Waals surface area (Å²) in [6.07, 6.45) is 2.25. The molecule has 1 amide bonds. The van der Waals surface area contributed by atoms with E-state index in [-0.39, 0.29) is 5.56 Å². The third-order valence-corrected chi connectivity index (χ3v) is 4.71. The lowest BCUT2D eigenvalue weighted by Gasteiger charge is -2.24. The molecule has 2 unspecified atom stereocenters. The van der Waals surface area contributed by atoms with Crippen LogP contribution < -0.4 is 11.1 Å². The zero-order valence-corrected chi connectivity index (χ0v) is 13.8. The van der Waals surface area contributed by atoms with Crippen LogP contribution in [-0.2, 0) is 4.79 Å². The van der Waals surface area contributed by atoms with Crippen molar-refractivity contribution in [2.75, 3.05) is 25.0 Å². The topological polar surface area (TPSA) is 95.7 Å². The van der Waals surface area contributed by atoms with Crippen molar-refractivity contribution in [2.45, 2.75) is 31.2 Å². The predicted octanol–water partition coefficient (Wildman–Crippen LogP) is 2.05. The van der Waals surface area contributed by atoms with Gasteiger partial charge in [-0.25, -0.2) is 4.79 Å². The van der Waals surface area contributed by atoms with Crippen LogP contribution in [0, 0.1) is 0 Å². The molecule has 0 spiro atoms. The van der Waals surface area contributed by atoms with Crippen molar-refractivity contribution in [2.24, 2.45) is 5.73 Å². The molecule has 4 N–H and O–H groups in total. The lowest BCUT2D eigenvalue weighted by molar-refractivity contribution is -0.117. The van der Waals surface area contributed by atoms with Crippen LogP contribution >= 0.6 is 11.6 Å². The number of anilines is 1. The monoisotopic (exact) mass is 339 g/mol. The summed E-state index contributed by atoms with van der Waals surface area (Å²) >= 11 is 6.06. The van der Waals surface area contributed by atoms with Gasteiger partial charge in [0.05, 0.1) is 5.56 Å². The molecule has 1 saturated heterocycles. The predicted molar refractivity (Wildman–Crippen MR) is 89.9 cm³/mol. The number of carboxylic acid groups (broad SMARTS) is 1. The molecule has 0 saturated carbocycles. The first kappa shape index (κ1) is 17.6. The smallest absolute Gasteiger partial charge is 0.335 e. The van der Waals surface area contributed by atoms with Crippen molar-refractivity contribution in [1.82, 2.24) is 4.90 Å². The van der Waals surface area contributed by atoms with Crippen molar-refractivity contribution in [3.8, 4) is 0 Å². The zero-order valence-electron chi connectivity index (χ0n) is 13.1. The van der Waals surface area contributed by atoms with Crippen LogP contribution in [0.5, 0.6) is 0 Å². The summed E-state index contributed by atoms with van der Waals surface area (Å²) in [5.41, 5.74) is 6.47. The number of benzene rings is 1. The molecule has 0 radical (unpaired) electrons. The van der Waals surface area contributed by atoms with E-state index in [1.165, 1.54) is 12.1 Å². The maximum atomic E-state index is 11.4. The van der Waals surface area contributed by atoms with E-state index in [9.17, 15) is 9.59 Å². The average molecular weight is 340 g/mol. The van der Waals surface area contributed by atoms with Gasteiger partial charge in [0.15, 0.2) is 0 Å². The first-order valence-corrected chi connectivity index (χ1v) is 8.16. The van der Waals surface area contributed by atoms with E-state index in [1.807, 2.05) is 0 Å². The fourth-order valence-corrected chi connectivity index (χ4v) is 3.18. The number of rotatable bonds is 7. The fraction of sp³-hybridized carbons (Fsp3) is 0.500. The molecule has 2 rings (SSSR count). The second-order valence-corrected chi connectivity index (χ2v) is 6.11. The number of likely N-dealkylation sites (N-methyl/N-ethyl adjacent to an activating group) is 1. The number of nitrogens with zero attached hydrogens (tertiary/aromatic N) is 1. The summed E-state index contributed by atoms with van der Waals surface area (Å²) in [6, 6.07) is 4.86. The quantitative estimate of drug-likeness (QED) is 0.661. The van der Waals surface area contributed by atoms with Crippen LogP contribution in [0.25, 0.3) is 0 Å². The Morgan fingerprint density at radius 3 is 2.87 bits per heavy atom. The third-order valence-electron chi connectivity index (χ3n) is 4.26. The molecular formula is C16H22ClN3O3. The Hall–Kier alpha value is -1.79. The van der Waals surface area contributed by atoms with Gasteiger partial charge < -0.3 is 16.2 Å². The maximum Gasteiger partial charge on any atom is 0.335 e. The number of primary amides is 1. The summed E-state index contributed by atoms with van der Waals surface area (Å²) < 4.78 is 0. The van der Waals surface area contributed by atoms with Crippen LogP contribution in [0.4, 0.5) is 5.69 Å². The molecule has 2 atom stereocenters. The fourth-order valence-electron chi connectivity index (χ4n) is 2.99. The van der Waals surface area contributed by atoms with Crippen LogP contribution in [0.3, 0.4) is 0 Å². The number of carboxylic acids is 1. The average Bonchev–Trinajstić information content (AvgIpc) is 2.99. The highest BCUT2D eigenvalue weighted by molar-refractivity contribution is 6.31. The first-order chi connectivity index (χ1) is 10.9. The molecule has 1 aliphatic rings. The lowest BCUT2D eigenvalue weighted by Crippen LogP contribution is -2.35. The number of hydrogen-bond acceptors (Lipinski definition) is 4. The number of hydrogen-bond donors (Lipinski definition) is 3. The molecule has 1 aliphatic heterocycles. The number of likely N-dealkylation sites (tertiary alicyclic amines) is 1. The molecule has 126 valence electrons. The van der Waals surface area contributed by atoms with Gasteiger partial charge in [-0.2, -0.15) is 0 Å². The van der Waals surface area contributed by atoms with Crippen LogP contribution in [0.15, 0.2) is 18.2 Å². The normalized spacial score (nSPS) is 19.5. The molecule has 1 fully saturated rings. The van der Waals surface area contributed by atoms with Gasteiger partial charge in [0.25, 0.3) is 0 Å². The number of carbonyl (C=O) groups is 2. The van der Waals surface area contributed by atoms with Crippen molar-refractivity contribution in [1.29, 1.82) is 0 Å². The van der Waals surface area contributed by atoms with Crippen molar-refractivity contribution in [3.05, 3.63) is 29.3 Å². The number of halogens is 1. The number of amides is 1. The van der Waals surface area contributed by atoms with E-state index in [0.717, 1.165) is 25.9 Å². The van der Waals surface area contributed by atoms with Crippen molar-refractivity contribution < 1.29 is 14.7 Å². The summed E-state index contributed by atoms with van der Waals surface area (Å²) in [4.78, 5) is 24.9. The second kappa shape index (κ2) is 7.66. The van der Waals surface area contributed by atoms with E-state index < -0.39 is 17.3 Å². The molecule has 0 aliphatic carbocycles. The molecule has 1 aromatic carbocycles. The second-order valence-electron chi connectivity index (χ2n) is 5.68. The molecule has 7 heteroatoms. The standard InChI is InChI=1S/C16H22ClN3O3/c1-2-20-7-3-4-11(20)9-19-13-8-10(16(22)23)5-6-12(13)14(17)15(18)21/h5-6,8,11,14,19H,2-4,7,9H2,1H3,(H2,18,21)(H,22,23). The first-order valence-electron chi connectivity index (χ1n) is 7.72. The van der Waals surface area contributed by atoms with Crippen molar-refractivity contribution in [3.63, 3.8) is 0 Å². The SMILES string of the molecule is CCN1CCCC1CNc1cc(C(=O)O)ccc1C(Cl)C(N)=O. The minimum Gasteiger partial charge on any atom is -0.478 e. The Morgan fingerprint density at radius 1 is 1.52 bits per heavy atom. The van der Waals surface area contributed by atoms with Gasteiger partial charge in [-0.15, -0.1) is 11.6 Å². The molecule has 6 nitrogen and oxygen atoms in total. The zero-order chi connectivity index (χ0) is 17.0. The van der Waals surface area contributed by atoms with Gasteiger partial charge in [-0.3, -0.25) is 9.69 Å². The van der Waals surface area contributed by atoms with E-state index in [2.05, 4.69) is 17.1 Å². The molecular weight excluding hydrogens is 318 g/mol. The number of aromatic carboxylic acids is 1. The van der Waals surface area contributed by atoms with Crippen molar-refractivity contribution >= 4 is 29.2 Å². The largest absolute Gasteiger partial charge is 0.478 e. The van der Waals surface area contributed by atoms with E-state index in [1.54, 1.807) is 6.07 Å². The Bertz CT molecular complexity index is 594. The minimum atomic E-state index is -1.03. The molecule has 23 heavy (non-hydrogen) atoms. The van der Waals surface area contributed by atoms with Gasteiger partial charge >= 0.3 is 5.97 Å². The Morgan fingerprint density at radius 2 is 2.26 bits per heavy atom. The Kier molecular flexibility index (Phi) is 5.85. The minimum absolute atomic E-state index is 0.142. The van der Waals surface area contributed by atoms with E-state index in [4.69, 9.17) is 22.4 Å². The van der Waals surface area contributed by atoms with Crippen LogP contribution in [0.1, 0.15) is 41.1 Å². The highest BCUT2D eigenvalue weighted by Gasteiger charge is 2.24. The maximum absolute atomic E-state index is 11.4. The van der Waals surface area contributed by atoms with Gasteiger partial charge in [-0.1, -0.05) is 13.0 Å². The number of alkyl halides is 1. The van der Waals surface area contributed by atoms with Gasteiger partial charge in [0.2, 0.25) is 5.91 Å². The lowest BCUT2D eigenvalue weighted by atomic mass is 10.0. The highest BCUT2D eigenvalue weighted by Crippen LogP contribution is 2.29. The van der Waals surface area contributed by atoms with E-state index >= 15 is 0 Å². The van der Waals surface area contributed by atoms with Gasteiger partial charge in [-0.05, 0) is 38.1 Å². The van der Waals surface area contributed by atoms with E-state index in [0.29, 0.717) is 23.8 Å². The number of nitrogens with one attached hydrogen (secondary N) is 1. The summed E-state index contributed by atoms with van der Waals surface area (Å²) in [7, 11) is 0. The highest BCUT2D eigenvalue weighted by atomic mass is 35.5. The summed E-state index contributed by atoms with van der Waals surface area (Å²) in [5.74, 6) is -1.69. The summed E-state index contributed by atoms with van der Waals surface area (Å²) in [5, 5.41) is 11.4. The molecule has 0 aromatic heterocycles. The van der Waals surface area contributed by atoms with Crippen LogP contribution in [0.2, 0.25) is 0 Å². The third kappa shape index (κ3) is 4.14. The number of carbonyl (C=O) groups excluding carboxylic acids is 1. The summed E-state index contributed by atoms with van der Waals surface area (Å²) in [6.45, 7) is 4.85. The van der Waals surface area contributed by atoms with Gasteiger partial charge in [0, 0.05) is 23.8 Å². The van der Waals surface area contributed by atoms with Gasteiger partial charge in [0.1, 0.15) is 5.38 Å². The molecule has 1 heterocycles.